The van der Waals surface area contributed by atoms with E-state index in [4.69, 9.17) is 17.0 Å². The zero-order chi connectivity index (χ0) is 34.8. The molecule has 4 aromatic carbocycles. The molecule has 0 amide bonds. The van der Waals surface area contributed by atoms with E-state index in [-0.39, 0.29) is 18.1 Å². The molecule has 0 heterocycles. The minimum absolute atomic E-state index is 0.101. The molecule has 251 valence electrons. The first-order chi connectivity index (χ1) is 22.5. The van der Waals surface area contributed by atoms with Gasteiger partial charge in [0.1, 0.15) is 0 Å². The van der Waals surface area contributed by atoms with Crippen molar-refractivity contribution in [2.24, 2.45) is 0 Å². The van der Waals surface area contributed by atoms with Gasteiger partial charge in [0, 0.05) is 0 Å². The third-order valence-corrected chi connectivity index (χ3v) is 61.9. The molecule has 0 saturated carbocycles. The van der Waals surface area contributed by atoms with Crippen molar-refractivity contribution >= 4 is 35.1 Å². The fourth-order valence-electron chi connectivity index (χ4n) is 9.08. The van der Waals surface area contributed by atoms with Crippen LogP contribution in [-0.2, 0) is 26.4 Å². The summed E-state index contributed by atoms with van der Waals surface area (Å²) >= 11 is -4.82. The van der Waals surface area contributed by atoms with Crippen LogP contribution in [0.1, 0.15) is 110 Å². The predicted octanol–water partition coefficient (Wildman–Crippen LogP) is 14.0. The molecule has 0 radical (unpaired) electrons. The molecule has 48 heavy (non-hydrogen) atoms. The number of rotatable bonds is 7. The Morgan fingerprint density at radius 3 is 1.23 bits per heavy atom. The first-order valence-corrected chi connectivity index (χ1v) is 33.6. The van der Waals surface area contributed by atoms with Crippen molar-refractivity contribution < 1.29 is 15.6 Å². The van der Waals surface area contributed by atoms with Crippen LogP contribution >= 0.6 is 17.0 Å². The van der Waals surface area contributed by atoms with Crippen LogP contribution in [0.2, 0.25) is 12.1 Å². The van der Waals surface area contributed by atoms with E-state index in [0.717, 1.165) is 12.1 Å². The van der Waals surface area contributed by atoms with Gasteiger partial charge < -0.3 is 0 Å². The van der Waals surface area contributed by atoms with Gasteiger partial charge in [-0.1, -0.05) is 0 Å². The Balaban J connectivity index is 1.51. The molecule has 0 bridgehead atoms. The second-order valence-corrected chi connectivity index (χ2v) is 57.4. The maximum absolute atomic E-state index is 8.71. The predicted molar refractivity (Wildman–Crippen MR) is 214 cm³/mol. The van der Waals surface area contributed by atoms with Gasteiger partial charge in [-0.3, -0.25) is 0 Å². The average Bonchev–Trinajstić information content (AvgIpc) is 3.57. The summed E-state index contributed by atoms with van der Waals surface area (Å²) in [5.74, 6) is -1.61. The van der Waals surface area contributed by atoms with Gasteiger partial charge in [0.05, 0.1) is 0 Å². The number of benzene rings is 4. The summed E-state index contributed by atoms with van der Waals surface area (Å²) in [6.07, 6.45) is 4.87. The van der Waals surface area contributed by atoms with Crippen LogP contribution in [0.3, 0.4) is 0 Å². The Kier molecular flexibility index (Phi) is 9.46. The average molecular weight is 772 g/mol. The summed E-state index contributed by atoms with van der Waals surface area (Å²) in [6, 6.07) is 34.3. The fourth-order valence-corrected chi connectivity index (χ4v) is 63.3. The SMILES string of the molecule is CC[SiH](CC)[Zr]([Cl])([Cl])([CH]1C(C)=Cc2c(-c3ccc(C(C)(C)C)cc3)cccc21)[CH]1C(C)=Cc2c(-c3ccc(C(C)(C)C)cc3)cccc21. The number of hydrogen-bond donors (Lipinski definition) is 0. The molecule has 4 heteroatoms. The Morgan fingerprint density at radius 2 is 0.917 bits per heavy atom. The molecular formula is C44H53Cl2SiZr. The van der Waals surface area contributed by atoms with Crippen LogP contribution in [0.15, 0.2) is 96.1 Å². The third-order valence-electron chi connectivity index (χ3n) is 11.5. The van der Waals surface area contributed by atoms with Crippen LogP contribution in [0.4, 0.5) is 0 Å². The monoisotopic (exact) mass is 769 g/mol. The molecule has 0 aromatic heterocycles. The Hall–Kier alpha value is -1.96. The van der Waals surface area contributed by atoms with Gasteiger partial charge in [0.2, 0.25) is 0 Å². The molecule has 0 aliphatic heterocycles. The van der Waals surface area contributed by atoms with Gasteiger partial charge >= 0.3 is 302 Å². The molecular weight excluding hydrogens is 719 g/mol. The molecule has 0 nitrogen and oxygen atoms in total. The summed E-state index contributed by atoms with van der Waals surface area (Å²) in [5.41, 5.74) is 16.1. The third kappa shape index (κ3) is 5.86. The molecule has 0 N–H and O–H groups in total. The summed E-state index contributed by atoms with van der Waals surface area (Å²) in [5, 5.41) is 0. The van der Waals surface area contributed by atoms with E-state index < -0.39 is 21.5 Å². The summed E-state index contributed by atoms with van der Waals surface area (Å²) < 4.78 is 0.202. The second-order valence-electron chi connectivity index (χ2n) is 16.7. The van der Waals surface area contributed by atoms with Crippen molar-refractivity contribution in [1.82, 2.24) is 0 Å². The van der Waals surface area contributed by atoms with Gasteiger partial charge in [-0.15, -0.1) is 0 Å². The molecule has 2 unspecified atom stereocenters. The fraction of sp³-hybridized carbons (Fsp3) is 0.364. The standard InChI is InChI=1S/2C20H21.C4H11Si.2ClH.Zr/c2*1-14-12-16-6-5-7-18(19(16)13-14)15-8-10-17(11-9-15)20(2,3)4;1-3-5-4-2;;;/h2*5-13H,1-4H3;5H,3-4H2,1-2H3;2*1H;/q;;;;;+2/p-2. The minimum atomic E-state index is -4.82. The van der Waals surface area contributed by atoms with Crippen molar-refractivity contribution in [3.05, 3.63) is 129 Å². The van der Waals surface area contributed by atoms with Gasteiger partial charge in [0.15, 0.2) is 0 Å². The number of halogens is 2. The number of hydrogen-bond acceptors (Lipinski definition) is 0. The quantitative estimate of drug-likeness (QED) is 0.164. The van der Waals surface area contributed by atoms with Crippen molar-refractivity contribution in [3.8, 4) is 22.3 Å². The van der Waals surface area contributed by atoms with Crippen molar-refractivity contribution in [3.63, 3.8) is 0 Å². The van der Waals surface area contributed by atoms with Gasteiger partial charge in [-0.2, -0.15) is 0 Å². The molecule has 0 spiro atoms. The molecule has 0 saturated heterocycles. The summed E-state index contributed by atoms with van der Waals surface area (Å²) in [7, 11) is 17.4. The molecule has 2 atom stereocenters. The Labute approximate surface area is 299 Å². The number of allylic oxidation sites excluding steroid dienone is 2. The number of fused-ring (bicyclic) bond motifs is 2. The van der Waals surface area contributed by atoms with E-state index >= 15 is 0 Å². The van der Waals surface area contributed by atoms with Gasteiger partial charge in [-0.25, -0.2) is 0 Å². The van der Waals surface area contributed by atoms with Gasteiger partial charge in [-0.05, 0) is 0 Å². The van der Waals surface area contributed by atoms with Crippen molar-refractivity contribution in [2.45, 2.75) is 99.4 Å². The van der Waals surface area contributed by atoms with Crippen molar-refractivity contribution in [2.75, 3.05) is 0 Å². The molecule has 0 fully saturated rings. The Bertz CT molecular complexity index is 1780. The zero-order valence-corrected chi connectivity index (χ0v) is 35.8. The Morgan fingerprint density at radius 1 is 0.562 bits per heavy atom. The summed E-state index contributed by atoms with van der Waals surface area (Å²) in [4.78, 5) is 0. The van der Waals surface area contributed by atoms with Crippen LogP contribution in [0, 0.1) is 0 Å². The molecule has 6 rings (SSSR count). The zero-order valence-electron chi connectivity index (χ0n) is 30.6. The van der Waals surface area contributed by atoms with Crippen LogP contribution in [0.25, 0.3) is 34.4 Å². The topological polar surface area (TPSA) is 0 Å². The van der Waals surface area contributed by atoms with Crippen LogP contribution in [0.5, 0.6) is 0 Å². The van der Waals surface area contributed by atoms with E-state index in [1.165, 1.54) is 66.8 Å². The van der Waals surface area contributed by atoms with E-state index in [1.807, 2.05) is 0 Å². The normalized spacial score (nSPS) is 18.6. The van der Waals surface area contributed by atoms with E-state index in [1.54, 1.807) is 0 Å². The van der Waals surface area contributed by atoms with Crippen LogP contribution in [-0.4, -0.2) is 5.92 Å². The molecule has 4 aromatic rings. The first kappa shape index (κ1) is 35.9. The van der Waals surface area contributed by atoms with E-state index in [2.05, 4.69) is 166 Å². The second kappa shape index (κ2) is 12.7. The molecule has 2 aliphatic rings. The molecule has 2 aliphatic carbocycles. The maximum atomic E-state index is 8.71. The van der Waals surface area contributed by atoms with E-state index in [0.29, 0.717) is 0 Å². The van der Waals surface area contributed by atoms with Crippen LogP contribution < -0.4 is 0 Å². The van der Waals surface area contributed by atoms with Crippen molar-refractivity contribution in [1.29, 1.82) is 0 Å². The first-order valence-electron chi connectivity index (χ1n) is 17.9. The van der Waals surface area contributed by atoms with Gasteiger partial charge in [0.25, 0.3) is 0 Å². The summed E-state index contributed by atoms with van der Waals surface area (Å²) in [6.45, 7) is 23.0. The van der Waals surface area contributed by atoms with E-state index in [9.17, 15) is 0 Å².